The minimum atomic E-state index is -0.882. The number of amides is 7. The lowest BCUT2D eigenvalue weighted by Gasteiger charge is -2.53. The number of hydroxylamine groups is 4. The first kappa shape index (κ1) is 70.6. The summed E-state index contributed by atoms with van der Waals surface area (Å²) in [6, 6.07) is 42.1. The Morgan fingerprint density at radius 3 is 0.923 bits per heavy atom. The van der Waals surface area contributed by atoms with E-state index in [0.717, 1.165) is 16.7 Å². The molecule has 2 aliphatic rings. The van der Waals surface area contributed by atoms with Crippen molar-refractivity contribution in [3.8, 4) is 0 Å². The van der Waals surface area contributed by atoms with Crippen LogP contribution in [0.25, 0.3) is 0 Å². The van der Waals surface area contributed by atoms with Gasteiger partial charge in [0.1, 0.15) is 32.7 Å². The van der Waals surface area contributed by atoms with Crippen molar-refractivity contribution in [1.82, 2.24) is 44.8 Å². The summed E-state index contributed by atoms with van der Waals surface area (Å²) >= 11 is 0. The summed E-state index contributed by atoms with van der Waals surface area (Å²) < 4.78 is 0. The molecule has 3 unspecified atom stereocenters. The molecular formula is C72H98N10O9. The molecular weight excluding hydrogens is 1150 g/mol. The first-order valence-corrected chi connectivity index (χ1v) is 31.8. The Kier molecular flexibility index (Phi) is 23.4. The second-order valence-electron chi connectivity index (χ2n) is 27.5. The van der Waals surface area contributed by atoms with Gasteiger partial charge in [0.2, 0.25) is 41.4 Å². The standard InChI is InChI=1S/C72H98N10O9/c1-50(55-29-19-14-20-30-55)75(44-62(73)83)67(88)49-80(61-41-71(10,11)82(91)72(12,13)42-61)68(89)48-79(54(5)59-37-27-18-28-38-59)66(87)47-78(53(4)58-35-25-17-26-36-58)65(86)46-77(52(3)57-33-23-16-24-34-57)64(85)45-76(51(2)56-31-21-15-22-32-56)63(84)43-74-60-39-69(6,7)81(90)70(8,9)40-60/h14-38,50-54,60-61,74,90-91H,39-49H2,1-13H3,(H2,73,83)/t50?,51-,52?,53-,54?/m1/s1. The number of hydrogen-bond donors (Lipinski definition) is 4. The van der Waals surface area contributed by atoms with Gasteiger partial charge in [-0.05, 0) is 144 Å². The van der Waals surface area contributed by atoms with Gasteiger partial charge in [-0.3, -0.25) is 33.6 Å². The number of hydrogen-bond acceptors (Lipinski definition) is 12. The van der Waals surface area contributed by atoms with Crippen LogP contribution in [0, 0.1) is 0 Å². The van der Waals surface area contributed by atoms with Crippen molar-refractivity contribution in [3.05, 3.63) is 179 Å². The van der Waals surface area contributed by atoms with Crippen molar-refractivity contribution in [1.29, 1.82) is 0 Å². The van der Waals surface area contributed by atoms with Gasteiger partial charge in [0.25, 0.3) is 0 Å². The van der Waals surface area contributed by atoms with Crippen LogP contribution in [-0.2, 0) is 33.6 Å². The SMILES string of the molecule is CC(c1ccccc1)N(CC(N)=O)C(=O)CN(C(=O)CN(C(=O)CN(C(=O)CN(C(=O)CN(C(=O)CNC1CC(C)(C)N(O)C(C)(C)C1)[C@H](C)c1ccccc1)C(C)c1ccccc1)[C@H](C)c1ccccc1)C(C)c1ccccc1)C1CC(C)(C)N(O)C(C)(C)C1. The highest BCUT2D eigenvalue weighted by Gasteiger charge is 2.49. The zero-order valence-corrected chi connectivity index (χ0v) is 55.7. The van der Waals surface area contributed by atoms with E-state index in [4.69, 9.17) is 5.73 Å². The van der Waals surface area contributed by atoms with E-state index in [-0.39, 0.29) is 31.3 Å². The van der Waals surface area contributed by atoms with Crippen LogP contribution in [0.3, 0.4) is 0 Å². The van der Waals surface area contributed by atoms with Gasteiger partial charge >= 0.3 is 0 Å². The van der Waals surface area contributed by atoms with Crippen molar-refractivity contribution in [2.45, 2.75) is 180 Å². The smallest absolute Gasteiger partial charge is 0.243 e. The molecule has 0 bridgehead atoms. The molecule has 490 valence electrons. The third kappa shape index (κ3) is 17.6. The fourth-order valence-electron chi connectivity index (χ4n) is 13.7. The summed E-state index contributed by atoms with van der Waals surface area (Å²) in [6.45, 7) is 21.3. The third-order valence-corrected chi connectivity index (χ3v) is 18.8. The Labute approximate surface area is 539 Å². The van der Waals surface area contributed by atoms with Crippen LogP contribution >= 0.6 is 0 Å². The fraction of sp³-hybridized carbons (Fsp3) is 0.486. The lowest BCUT2D eigenvalue weighted by atomic mass is 9.78. The van der Waals surface area contributed by atoms with Crippen LogP contribution in [0.5, 0.6) is 0 Å². The van der Waals surface area contributed by atoms with Crippen molar-refractivity contribution >= 4 is 41.4 Å². The first-order chi connectivity index (χ1) is 42.8. The van der Waals surface area contributed by atoms with Crippen molar-refractivity contribution in [2.24, 2.45) is 5.73 Å². The Bertz CT molecular complexity index is 3230. The molecule has 5 atom stereocenters. The van der Waals surface area contributed by atoms with Crippen molar-refractivity contribution in [2.75, 3.05) is 45.8 Å². The summed E-state index contributed by atoms with van der Waals surface area (Å²) in [5.74, 6) is -3.90. The highest BCUT2D eigenvalue weighted by molar-refractivity contribution is 5.93. The molecule has 7 amide bonds. The quantitative estimate of drug-likeness (QED) is 0.0406. The third-order valence-electron chi connectivity index (χ3n) is 18.8. The lowest BCUT2D eigenvalue weighted by Crippen LogP contribution is -2.65. The Hall–Kier alpha value is -7.81. The first-order valence-electron chi connectivity index (χ1n) is 31.8. The van der Waals surface area contributed by atoms with E-state index in [1.165, 1.54) is 39.5 Å². The molecule has 7 rings (SSSR count). The van der Waals surface area contributed by atoms with E-state index >= 15 is 19.2 Å². The number of nitrogens with zero attached hydrogens (tertiary/aromatic N) is 8. The van der Waals surface area contributed by atoms with Gasteiger partial charge in [0.05, 0.1) is 43.3 Å². The average Bonchev–Trinajstić information content (AvgIpc) is 0.903. The Balaban J connectivity index is 1.25. The molecule has 5 aromatic carbocycles. The zero-order valence-electron chi connectivity index (χ0n) is 55.7. The number of carbonyl (C=O) groups is 7. The molecule has 2 fully saturated rings. The summed E-state index contributed by atoms with van der Waals surface area (Å²) in [7, 11) is 0. The van der Waals surface area contributed by atoms with Crippen molar-refractivity contribution in [3.63, 3.8) is 0 Å². The zero-order chi connectivity index (χ0) is 66.8. The lowest BCUT2D eigenvalue weighted by molar-refractivity contribution is -0.251. The second kappa shape index (κ2) is 30.1. The van der Waals surface area contributed by atoms with E-state index in [9.17, 15) is 24.8 Å². The molecule has 91 heavy (non-hydrogen) atoms. The average molecular weight is 1250 g/mol. The molecule has 2 saturated heterocycles. The fourth-order valence-corrected chi connectivity index (χ4v) is 13.7. The van der Waals surface area contributed by atoms with Gasteiger partial charge < -0.3 is 50.9 Å². The van der Waals surface area contributed by atoms with Gasteiger partial charge in [-0.15, -0.1) is 0 Å². The van der Waals surface area contributed by atoms with Gasteiger partial charge in [-0.25, -0.2) is 0 Å². The number of piperidine rings is 2. The number of nitrogens with two attached hydrogens (primary N) is 1. The maximum absolute atomic E-state index is 15.8. The van der Waals surface area contributed by atoms with Gasteiger partial charge in [-0.1, -0.05) is 152 Å². The number of carbonyl (C=O) groups excluding carboxylic acids is 7. The largest absolute Gasteiger partial charge is 0.368 e. The molecule has 19 nitrogen and oxygen atoms in total. The second-order valence-corrected chi connectivity index (χ2v) is 27.5. The van der Waals surface area contributed by atoms with Crippen LogP contribution in [0.1, 0.15) is 174 Å². The molecule has 0 aromatic heterocycles. The van der Waals surface area contributed by atoms with Crippen LogP contribution in [-0.4, -0.2) is 171 Å². The predicted octanol–water partition coefficient (Wildman–Crippen LogP) is 9.66. The van der Waals surface area contributed by atoms with E-state index in [2.05, 4.69) is 5.32 Å². The van der Waals surface area contributed by atoms with E-state index in [1.807, 2.05) is 228 Å². The summed E-state index contributed by atoms with van der Waals surface area (Å²) in [6.07, 6.45) is 1.60. The van der Waals surface area contributed by atoms with Gasteiger partial charge in [0, 0.05) is 34.2 Å². The van der Waals surface area contributed by atoms with Gasteiger partial charge in [0.15, 0.2) is 0 Å². The number of nitrogens with one attached hydrogen (secondary N) is 1. The molecule has 5 N–H and O–H groups in total. The maximum atomic E-state index is 15.8. The van der Waals surface area contributed by atoms with Crippen LogP contribution in [0.15, 0.2) is 152 Å². The normalized spacial score (nSPS) is 18.1. The van der Waals surface area contributed by atoms with Crippen LogP contribution in [0.2, 0.25) is 0 Å². The molecule has 5 aromatic rings. The number of rotatable bonds is 26. The minimum absolute atomic E-state index is 0.0993. The monoisotopic (exact) mass is 1250 g/mol. The van der Waals surface area contributed by atoms with Crippen LogP contribution < -0.4 is 11.1 Å². The summed E-state index contributed by atoms with van der Waals surface area (Å²) in [5.41, 5.74) is 6.53. The highest BCUT2D eigenvalue weighted by atomic mass is 16.5. The van der Waals surface area contributed by atoms with Gasteiger partial charge in [-0.2, -0.15) is 10.1 Å². The predicted molar refractivity (Wildman–Crippen MR) is 351 cm³/mol. The Morgan fingerprint density at radius 1 is 0.396 bits per heavy atom. The van der Waals surface area contributed by atoms with E-state index in [0.29, 0.717) is 24.0 Å². The highest BCUT2D eigenvalue weighted by Crippen LogP contribution is 2.40. The molecule has 0 spiro atoms. The molecule has 0 radical (unpaired) electrons. The number of primary amides is 1. The molecule has 2 heterocycles. The molecule has 19 heteroatoms. The maximum Gasteiger partial charge on any atom is 0.243 e. The van der Waals surface area contributed by atoms with E-state index in [1.54, 1.807) is 13.8 Å². The Morgan fingerprint density at radius 2 is 0.637 bits per heavy atom. The van der Waals surface area contributed by atoms with Crippen LogP contribution in [0.4, 0.5) is 0 Å². The molecule has 2 aliphatic heterocycles. The van der Waals surface area contributed by atoms with Crippen molar-refractivity contribution < 1.29 is 44.0 Å². The summed E-state index contributed by atoms with van der Waals surface area (Å²) in [5, 5.41) is 28.7. The topological polar surface area (TPSA) is 224 Å². The molecule has 0 aliphatic carbocycles. The number of benzene rings is 5. The summed E-state index contributed by atoms with van der Waals surface area (Å²) in [4.78, 5) is 114. The molecule has 0 saturated carbocycles. The minimum Gasteiger partial charge on any atom is -0.368 e. The van der Waals surface area contributed by atoms with E-state index < -0.39 is 133 Å².